The molecule has 0 bridgehead atoms. The maximum Gasteiger partial charge on any atom is 0.326 e. The summed E-state index contributed by atoms with van der Waals surface area (Å²) < 4.78 is 21.1. The Balaban J connectivity index is 1.93. The van der Waals surface area contributed by atoms with Gasteiger partial charge in [0, 0.05) is 6.07 Å². The van der Waals surface area contributed by atoms with Crippen molar-refractivity contribution in [2.75, 3.05) is 26.6 Å². The van der Waals surface area contributed by atoms with Crippen molar-refractivity contribution in [3.05, 3.63) is 18.2 Å². The molecule has 0 saturated carbocycles. The number of carbonyl (C=O) groups is 1. The second-order valence-electron chi connectivity index (χ2n) is 4.19. The number of nitrogens with one attached hydrogen (secondary N) is 1. The first-order valence-electron chi connectivity index (χ1n) is 6.67. The van der Waals surface area contributed by atoms with Crippen LogP contribution in [0.1, 0.15) is 13.8 Å². The smallest absolute Gasteiger partial charge is 0.326 e. The van der Waals surface area contributed by atoms with Crippen LogP contribution >= 0.6 is 0 Å². The summed E-state index contributed by atoms with van der Waals surface area (Å²) in [6.45, 7) is 5.14. The molecular weight excluding hydrogens is 262 g/mol. The van der Waals surface area contributed by atoms with Crippen molar-refractivity contribution in [1.29, 1.82) is 0 Å². The molecule has 1 N–H and O–H groups in total. The van der Waals surface area contributed by atoms with Gasteiger partial charge >= 0.3 is 5.97 Å². The van der Waals surface area contributed by atoms with Crippen LogP contribution in [0, 0.1) is 0 Å². The van der Waals surface area contributed by atoms with Crippen LogP contribution in [0.4, 0.5) is 0 Å². The zero-order chi connectivity index (χ0) is 14.4. The molecule has 0 fully saturated rings. The monoisotopic (exact) mass is 281 g/mol. The minimum Gasteiger partial charge on any atom is -0.491 e. The van der Waals surface area contributed by atoms with Crippen LogP contribution in [0.25, 0.3) is 0 Å². The average Bonchev–Trinajstić information content (AvgIpc) is 2.91. The van der Waals surface area contributed by atoms with Crippen molar-refractivity contribution in [3.8, 4) is 17.2 Å². The van der Waals surface area contributed by atoms with Gasteiger partial charge in [-0.15, -0.1) is 0 Å². The van der Waals surface area contributed by atoms with E-state index in [0.717, 1.165) is 0 Å². The van der Waals surface area contributed by atoms with Crippen molar-refractivity contribution < 1.29 is 23.7 Å². The molecule has 0 radical (unpaired) electrons. The first kappa shape index (κ1) is 14.5. The summed E-state index contributed by atoms with van der Waals surface area (Å²) in [6.07, 6.45) is 0. The summed E-state index contributed by atoms with van der Waals surface area (Å²) in [7, 11) is 0. The maximum absolute atomic E-state index is 11.7. The van der Waals surface area contributed by atoms with Gasteiger partial charge in [0.15, 0.2) is 11.5 Å². The van der Waals surface area contributed by atoms with Crippen LogP contribution in [0.5, 0.6) is 17.2 Å². The highest BCUT2D eigenvalue weighted by molar-refractivity contribution is 5.76. The molecule has 1 heterocycles. The van der Waals surface area contributed by atoms with Crippen molar-refractivity contribution >= 4 is 5.97 Å². The second-order valence-corrected chi connectivity index (χ2v) is 4.19. The average molecular weight is 281 g/mol. The van der Waals surface area contributed by atoms with Gasteiger partial charge in [0.05, 0.1) is 6.61 Å². The Morgan fingerprint density at radius 2 is 2.15 bits per heavy atom. The van der Waals surface area contributed by atoms with Crippen molar-refractivity contribution in [1.82, 2.24) is 5.32 Å². The predicted molar refractivity (Wildman–Crippen MR) is 72.2 cm³/mol. The van der Waals surface area contributed by atoms with E-state index in [-0.39, 0.29) is 19.4 Å². The van der Waals surface area contributed by atoms with Crippen LogP contribution in [0.3, 0.4) is 0 Å². The van der Waals surface area contributed by atoms with Gasteiger partial charge in [-0.3, -0.25) is 4.79 Å². The molecule has 1 aliphatic rings. The fourth-order valence-electron chi connectivity index (χ4n) is 1.85. The minimum atomic E-state index is -0.481. The summed E-state index contributed by atoms with van der Waals surface area (Å²) in [5.41, 5.74) is 0. The molecule has 1 aliphatic heterocycles. The van der Waals surface area contributed by atoms with Gasteiger partial charge in [-0.2, -0.15) is 0 Å². The van der Waals surface area contributed by atoms with Crippen molar-refractivity contribution in [3.63, 3.8) is 0 Å². The van der Waals surface area contributed by atoms with Gasteiger partial charge in [0.2, 0.25) is 6.79 Å². The third-order valence-electron chi connectivity index (χ3n) is 2.78. The quantitative estimate of drug-likeness (QED) is 0.761. The Labute approximate surface area is 118 Å². The van der Waals surface area contributed by atoms with E-state index in [1.54, 1.807) is 25.1 Å². The molecule has 1 unspecified atom stereocenters. The molecule has 0 amide bonds. The number of fused-ring (bicyclic) bond motifs is 1. The Morgan fingerprint density at radius 3 is 2.90 bits per heavy atom. The van der Waals surface area contributed by atoms with Gasteiger partial charge in [0.1, 0.15) is 18.4 Å². The highest BCUT2D eigenvalue weighted by Crippen LogP contribution is 2.35. The molecule has 0 aliphatic carbocycles. The number of hydrogen-bond acceptors (Lipinski definition) is 6. The second kappa shape index (κ2) is 7.00. The Bertz CT molecular complexity index is 463. The van der Waals surface area contributed by atoms with E-state index in [2.05, 4.69) is 5.32 Å². The molecule has 1 aromatic carbocycles. The van der Waals surface area contributed by atoms with Crippen molar-refractivity contribution in [2.45, 2.75) is 19.9 Å². The van der Waals surface area contributed by atoms with Crippen LogP contribution in [-0.2, 0) is 9.53 Å². The van der Waals surface area contributed by atoms with Gasteiger partial charge in [0.25, 0.3) is 0 Å². The normalized spacial score (nSPS) is 13.9. The lowest BCUT2D eigenvalue weighted by Gasteiger charge is -2.17. The summed E-state index contributed by atoms with van der Waals surface area (Å²) in [4.78, 5) is 11.7. The van der Waals surface area contributed by atoms with Crippen LogP contribution < -0.4 is 19.5 Å². The summed E-state index contributed by atoms with van der Waals surface area (Å²) in [6, 6.07) is 4.83. The zero-order valence-corrected chi connectivity index (χ0v) is 11.7. The molecule has 0 spiro atoms. The SMILES string of the molecule is CCNC(COc1ccc2c(c1)OCO2)C(=O)OCC. The van der Waals surface area contributed by atoms with Crippen molar-refractivity contribution in [2.24, 2.45) is 0 Å². The van der Waals surface area contributed by atoms with E-state index >= 15 is 0 Å². The van der Waals surface area contributed by atoms with E-state index < -0.39 is 6.04 Å². The third kappa shape index (κ3) is 3.54. The van der Waals surface area contributed by atoms with Gasteiger partial charge < -0.3 is 24.3 Å². The molecule has 110 valence electrons. The molecule has 6 heteroatoms. The number of likely N-dealkylation sites (N-methyl/N-ethyl adjacent to an activating group) is 1. The van der Waals surface area contributed by atoms with E-state index in [1.807, 2.05) is 6.92 Å². The molecule has 0 aromatic heterocycles. The van der Waals surface area contributed by atoms with E-state index in [0.29, 0.717) is 30.4 Å². The lowest BCUT2D eigenvalue weighted by Crippen LogP contribution is -2.42. The number of carbonyl (C=O) groups excluding carboxylic acids is 1. The first-order valence-corrected chi connectivity index (χ1v) is 6.67. The zero-order valence-electron chi connectivity index (χ0n) is 11.7. The summed E-state index contributed by atoms with van der Waals surface area (Å²) >= 11 is 0. The van der Waals surface area contributed by atoms with E-state index in [9.17, 15) is 4.79 Å². The van der Waals surface area contributed by atoms with Crippen LogP contribution in [0.15, 0.2) is 18.2 Å². The van der Waals surface area contributed by atoms with Crippen LogP contribution in [-0.4, -0.2) is 38.6 Å². The molecule has 20 heavy (non-hydrogen) atoms. The minimum absolute atomic E-state index is 0.201. The number of hydrogen-bond donors (Lipinski definition) is 1. The lowest BCUT2D eigenvalue weighted by molar-refractivity contribution is -0.146. The Hall–Kier alpha value is -1.95. The first-order chi connectivity index (χ1) is 9.74. The number of esters is 1. The fourth-order valence-corrected chi connectivity index (χ4v) is 1.85. The van der Waals surface area contributed by atoms with Gasteiger partial charge in [-0.05, 0) is 25.6 Å². The molecule has 0 saturated heterocycles. The largest absolute Gasteiger partial charge is 0.491 e. The van der Waals surface area contributed by atoms with E-state index in [4.69, 9.17) is 18.9 Å². The van der Waals surface area contributed by atoms with Gasteiger partial charge in [-0.1, -0.05) is 6.92 Å². The summed E-state index contributed by atoms with van der Waals surface area (Å²) in [5, 5.41) is 3.03. The topological polar surface area (TPSA) is 66.0 Å². The Kier molecular flexibility index (Phi) is 5.06. The molecule has 1 aromatic rings. The molecule has 6 nitrogen and oxygen atoms in total. The third-order valence-corrected chi connectivity index (χ3v) is 2.78. The maximum atomic E-state index is 11.7. The van der Waals surface area contributed by atoms with Crippen LogP contribution in [0.2, 0.25) is 0 Å². The number of rotatable bonds is 7. The fraction of sp³-hybridized carbons (Fsp3) is 0.500. The Morgan fingerprint density at radius 1 is 1.35 bits per heavy atom. The number of benzene rings is 1. The standard InChI is InChI=1S/C14H19NO5/c1-3-15-11(14(16)17-4-2)8-18-10-5-6-12-13(7-10)20-9-19-12/h5-7,11,15H,3-4,8-9H2,1-2H3. The summed E-state index contributed by atoms with van der Waals surface area (Å²) in [5.74, 6) is 1.67. The molecule has 2 rings (SSSR count). The molecular formula is C14H19NO5. The van der Waals surface area contributed by atoms with Gasteiger partial charge in [-0.25, -0.2) is 0 Å². The number of ether oxygens (including phenoxy) is 4. The lowest BCUT2D eigenvalue weighted by atomic mass is 10.3. The highest BCUT2D eigenvalue weighted by atomic mass is 16.7. The predicted octanol–water partition coefficient (Wildman–Crippen LogP) is 1.34. The highest BCUT2D eigenvalue weighted by Gasteiger charge is 2.20. The van der Waals surface area contributed by atoms with E-state index in [1.165, 1.54) is 0 Å². The molecule has 1 atom stereocenters.